The summed E-state index contributed by atoms with van der Waals surface area (Å²) in [5.41, 5.74) is 2.32. The highest BCUT2D eigenvalue weighted by molar-refractivity contribution is 7.44. The van der Waals surface area contributed by atoms with Crippen molar-refractivity contribution in [3.63, 3.8) is 0 Å². The lowest BCUT2D eigenvalue weighted by Crippen LogP contribution is -2.38. The van der Waals surface area contributed by atoms with E-state index in [0.717, 1.165) is 0 Å². The molecule has 1 unspecified atom stereocenters. The van der Waals surface area contributed by atoms with Gasteiger partial charge in [-0.25, -0.2) is 4.67 Å². The highest BCUT2D eigenvalue weighted by Gasteiger charge is 2.27. The first kappa shape index (κ1) is 22.3. The topological polar surface area (TPSA) is 91.8 Å². The molecule has 0 saturated heterocycles. The molecule has 1 radical (unpaired) electrons. The first-order chi connectivity index (χ1) is 12.4. The average molecular weight is 373 g/mol. The normalized spacial score (nSPS) is 13.0. The Balaban J connectivity index is 4.80. The molecule has 0 saturated carbocycles. The van der Waals surface area contributed by atoms with E-state index in [2.05, 4.69) is 44.2 Å². The molecule has 1 atom stereocenters. The molecule has 0 aromatic heterocycles. The molecule has 0 rings (SSSR count). The van der Waals surface area contributed by atoms with Crippen molar-refractivity contribution in [3.8, 4) is 6.07 Å². The predicted molar refractivity (Wildman–Crippen MR) is 103 cm³/mol. The van der Waals surface area contributed by atoms with Crippen LogP contribution >= 0.6 is 8.53 Å². The van der Waals surface area contributed by atoms with Crippen LogP contribution in [0.25, 0.3) is 0 Å². The largest absolute Gasteiger partial charge is 0.340 e. The summed E-state index contributed by atoms with van der Waals surface area (Å²) in [6.45, 7) is 12.2. The lowest BCUT2D eigenvalue weighted by molar-refractivity contribution is -0.129. The highest BCUT2D eigenvalue weighted by Crippen LogP contribution is 2.45. The summed E-state index contributed by atoms with van der Waals surface area (Å²) in [6, 6.07) is 2.56. The van der Waals surface area contributed by atoms with Crippen molar-refractivity contribution in [2.24, 2.45) is 5.73 Å². The smallest absolute Gasteiger partial charge is 0.259 e. The van der Waals surface area contributed by atoms with Gasteiger partial charge in [-0.05, 0) is 34.0 Å². The van der Waals surface area contributed by atoms with Crippen LogP contribution < -0.4 is 5.73 Å². The van der Waals surface area contributed by atoms with Gasteiger partial charge in [-0.3, -0.25) is 4.79 Å². The van der Waals surface area contributed by atoms with Crippen molar-refractivity contribution in [2.45, 2.75) is 59.3 Å². The van der Waals surface area contributed by atoms with Gasteiger partial charge < -0.3 is 19.7 Å². The fraction of sp³-hybridized carbons (Fsp3) is 0.875. The Morgan fingerprint density at radius 3 is 2.44 bits per heavy atom. The minimum Gasteiger partial charge on any atom is -0.340 e. The van der Waals surface area contributed by atoms with E-state index in [4.69, 9.17) is 15.7 Å². The summed E-state index contributed by atoms with van der Waals surface area (Å²) >= 11 is 0. The second-order valence-electron chi connectivity index (χ2n) is 6.12. The van der Waals surface area contributed by atoms with Gasteiger partial charge in [0.1, 0.15) is 8.69 Å². The molecular weight excluding hydrogens is 338 g/mol. The zero-order valence-corrected chi connectivity index (χ0v) is 17.1. The van der Waals surface area contributed by atoms with E-state index in [1.807, 2.05) is 14.1 Å². The van der Waals surface area contributed by atoms with Gasteiger partial charge in [0, 0.05) is 31.7 Å². The lowest BCUT2D eigenvalue weighted by Gasteiger charge is -2.36. The number of rotatable bonds is 15. The van der Waals surface area contributed by atoms with Gasteiger partial charge in [-0.15, -0.1) is 0 Å². The molecule has 1 amide bonds. The van der Waals surface area contributed by atoms with Crippen LogP contribution in [0.1, 0.15) is 34.1 Å². The van der Waals surface area contributed by atoms with Crippen molar-refractivity contribution >= 4 is 21.7 Å². The minimum atomic E-state index is -1.30. The maximum absolute atomic E-state index is 12.2. The Bertz CT molecular complexity index is 419. The van der Waals surface area contributed by atoms with E-state index in [0.29, 0.717) is 45.6 Å². The summed E-state index contributed by atoms with van der Waals surface area (Å²) in [7, 11) is 0.519. The molecule has 0 fully saturated rings. The first-order valence-electron chi connectivity index (χ1n) is 9.30. The Morgan fingerprint density at radius 1 is 1.28 bits per heavy atom. The predicted octanol–water partition coefficient (Wildman–Crippen LogP) is 2.24. The quantitative estimate of drug-likeness (QED) is 0.269. The summed E-state index contributed by atoms with van der Waals surface area (Å²) in [6.07, 6.45) is 0.688. The van der Waals surface area contributed by atoms with Crippen LogP contribution in [0.3, 0.4) is 0 Å². The van der Waals surface area contributed by atoms with Crippen molar-refractivity contribution in [1.29, 1.82) is 5.26 Å². The maximum Gasteiger partial charge on any atom is 0.259 e. The van der Waals surface area contributed by atoms with Gasteiger partial charge >= 0.3 is 0 Å². The molecule has 25 heavy (non-hydrogen) atoms. The summed E-state index contributed by atoms with van der Waals surface area (Å²) in [5, 5.41) is 8.73. The van der Waals surface area contributed by atoms with Crippen LogP contribution in [-0.4, -0.2) is 67.7 Å². The number of carbonyl (C=O) groups excluding carboxylic acids is 1. The molecule has 0 aromatic rings. The van der Waals surface area contributed by atoms with Gasteiger partial charge in [-0.1, -0.05) is 6.82 Å². The monoisotopic (exact) mass is 373 g/mol. The molecule has 0 spiro atoms. The van der Waals surface area contributed by atoms with Crippen LogP contribution in [0.2, 0.25) is 14.6 Å². The third-order valence-electron chi connectivity index (χ3n) is 3.34. The molecule has 2 N–H and O–H groups in total. The Morgan fingerprint density at radius 2 is 1.92 bits per heavy atom. The third kappa shape index (κ3) is 10.1. The van der Waals surface area contributed by atoms with Gasteiger partial charge in [-0.2, -0.15) is 5.26 Å². The molecule has 0 aliphatic rings. The molecule has 0 aliphatic carbocycles. The standard InChI is InChI=1S/C16H33BN4O3P/c1-14(2)21(15(3)4)25(23-11-6-7-18)24-12-10-20(9-8-19)16(22)13-17-5/h14-15H,6,8-13,19H2,1-5H3/i/hT. The van der Waals surface area contributed by atoms with Crippen LogP contribution in [0.15, 0.2) is 0 Å². The third-order valence-corrected chi connectivity index (χ3v) is 5.45. The Labute approximate surface area is 156 Å². The molecule has 0 heterocycles. The van der Waals surface area contributed by atoms with E-state index >= 15 is 0 Å². The van der Waals surface area contributed by atoms with E-state index < -0.39 is 8.53 Å². The highest BCUT2D eigenvalue weighted by atomic mass is 31.2. The summed E-state index contributed by atoms with van der Waals surface area (Å²) in [4.78, 5) is 13.9. The molecule has 7 nitrogen and oxygen atoms in total. The fourth-order valence-electron chi connectivity index (χ4n) is 2.34. The lowest BCUT2D eigenvalue weighted by atomic mass is 9.77. The molecule has 0 aliphatic heterocycles. The number of hydrogen-bond donors (Lipinski definition) is 1. The zero-order chi connectivity index (χ0) is 19.9. The number of nitrogens with two attached hydrogens (primary N) is 1. The van der Waals surface area contributed by atoms with E-state index in [-0.39, 0.29) is 18.0 Å². The first-order valence-corrected chi connectivity index (χ1v) is 9.93. The Kier molecular flexibility index (Phi) is 12.9. The van der Waals surface area contributed by atoms with Crippen molar-refractivity contribution in [3.05, 3.63) is 0 Å². The molecule has 0 aromatic carbocycles. The van der Waals surface area contributed by atoms with E-state index in [1.165, 1.54) is 0 Å². The van der Waals surface area contributed by atoms with Crippen molar-refractivity contribution in [1.82, 2.24) is 9.57 Å². The second kappa shape index (κ2) is 14.5. The van der Waals surface area contributed by atoms with Gasteiger partial charge in [0.2, 0.25) is 5.91 Å². The number of amides is 1. The van der Waals surface area contributed by atoms with Crippen LogP contribution in [0, 0.1) is 11.3 Å². The zero-order valence-electron chi connectivity index (χ0n) is 17.2. The van der Waals surface area contributed by atoms with E-state index in [1.54, 1.807) is 4.90 Å². The molecule has 9 heteroatoms. The molecule has 143 valence electrons. The number of carbonyl (C=O) groups is 1. The number of nitriles is 1. The second-order valence-corrected chi connectivity index (χ2v) is 7.58. The summed E-state index contributed by atoms with van der Waals surface area (Å²) in [5.74, 6) is 0.0191. The summed E-state index contributed by atoms with van der Waals surface area (Å²) < 4.78 is 21.0. The maximum atomic E-state index is 12.2. The number of hydrogen-bond acceptors (Lipinski definition) is 6. The molecule has 0 bridgehead atoms. The molecular formula is C16H33BN4O3P. The van der Waals surface area contributed by atoms with Gasteiger partial charge in [0.15, 0.2) is 0 Å². The SMILES string of the molecule is [3H]NCCN(CCOP(OCCC#N)N(C(C)C)C(C)C)C(=O)C[B]C. The van der Waals surface area contributed by atoms with E-state index in [9.17, 15) is 4.79 Å². The average Bonchev–Trinajstić information content (AvgIpc) is 2.57. The minimum absolute atomic E-state index is 0.0191. The van der Waals surface area contributed by atoms with Crippen LogP contribution in [0.5, 0.6) is 0 Å². The fourth-order valence-corrected chi connectivity index (χ4v) is 3.92. The Hall–Kier alpha value is -0.705. The van der Waals surface area contributed by atoms with Crippen molar-refractivity contribution < 1.29 is 15.3 Å². The number of nitrogens with zero attached hydrogens (tertiary/aromatic N) is 3. The van der Waals surface area contributed by atoms with Gasteiger partial charge in [0.25, 0.3) is 8.53 Å². The van der Waals surface area contributed by atoms with Crippen LogP contribution in [0.4, 0.5) is 0 Å². The van der Waals surface area contributed by atoms with Crippen LogP contribution in [-0.2, 0) is 13.8 Å². The van der Waals surface area contributed by atoms with Gasteiger partial charge in [0.05, 0.1) is 25.7 Å². The van der Waals surface area contributed by atoms with Crippen molar-refractivity contribution in [2.75, 3.05) is 32.8 Å².